The van der Waals surface area contributed by atoms with Gasteiger partial charge in [0.25, 0.3) is 0 Å². The van der Waals surface area contributed by atoms with Crippen LogP contribution in [-0.2, 0) is 10.8 Å². The third-order valence-electron chi connectivity index (χ3n) is 4.63. The van der Waals surface area contributed by atoms with Gasteiger partial charge in [-0.05, 0) is 38.1 Å². The van der Waals surface area contributed by atoms with Gasteiger partial charge in [-0.2, -0.15) is 0 Å². The number of hydrogen-bond donors (Lipinski definition) is 1. The van der Waals surface area contributed by atoms with Crippen molar-refractivity contribution in [3.63, 3.8) is 0 Å². The second-order valence-electron chi connectivity index (χ2n) is 5.73. The Balaban J connectivity index is 1.91. The maximum Gasteiger partial charge on any atom is 0.0391 e. The molecule has 0 aliphatic heterocycles. The summed E-state index contributed by atoms with van der Waals surface area (Å²) in [5, 5.41) is 4.52. The van der Waals surface area contributed by atoms with Crippen LogP contribution in [0.3, 0.4) is 0 Å². The van der Waals surface area contributed by atoms with Gasteiger partial charge in [0.05, 0.1) is 0 Å². The van der Waals surface area contributed by atoms with E-state index in [0.717, 1.165) is 6.54 Å². The zero-order valence-electron chi connectivity index (χ0n) is 11.3. The van der Waals surface area contributed by atoms with Crippen LogP contribution in [-0.4, -0.2) is 27.3 Å². The molecule has 0 amide bonds. The molecule has 4 unspecified atom stereocenters. The van der Waals surface area contributed by atoms with Crippen molar-refractivity contribution >= 4 is 10.8 Å². The molecule has 0 saturated heterocycles. The van der Waals surface area contributed by atoms with Crippen LogP contribution in [0.4, 0.5) is 0 Å². The first-order valence-electron chi connectivity index (χ1n) is 7.36. The van der Waals surface area contributed by atoms with Gasteiger partial charge in [0, 0.05) is 27.3 Å². The van der Waals surface area contributed by atoms with Crippen LogP contribution in [0.25, 0.3) is 0 Å². The molecule has 0 heterocycles. The van der Waals surface area contributed by atoms with Gasteiger partial charge in [-0.3, -0.25) is 4.21 Å². The second kappa shape index (κ2) is 6.33. The van der Waals surface area contributed by atoms with E-state index in [2.05, 4.69) is 19.2 Å². The first-order valence-corrected chi connectivity index (χ1v) is 8.64. The molecule has 0 aromatic carbocycles. The van der Waals surface area contributed by atoms with Crippen LogP contribution >= 0.6 is 0 Å². The smallest absolute Gasteiger partial charge is 0.0391 e. The molecule has 4 atom stereocenters. The molecule has 0 bridgehead atoms. The molecule has 0 aromatic heterocycles. The summed E-state index contributed by atoms with van der Waals surface area (Å²) in [5.74, 6) is 0.595. The van der Waals surface area contributed by atoms with E-state index in [0.29, 0.717) is 22.5 Å². The van der Waals surface area contributed by atoms with Crippen molar-refractivity contribution in [2.75, 3.05) is 6.54 Å². The van der Waals surface area contributed by atoms with E-state index in [1.165, 1.54) is 44.9 Å². The molecular formula is C14H27NOS. The van der Waals surface area contributed by atoms with Crippen molar-refractivity contribution in [2.45, 2.75) is 75.3 Å². The molecule has 2 rings (SSSR count). The van der Waals surface area contributed by atoms with Crippen LogP contribution in [0.1, 0.15) is 58.8 Å². The van der Waals surface area contributed by atoms with Crippen molar-refractivity contribution in [1.29, 1.82) is 0 Å². The monoisotopic (exact) mass is 257 g/mol. The Hall–Kier alpha value is 0.110. The summed E-state index contributed by atoms with van der Waals surface area (Å²) in [6.07, 6.45) is 8.76. The molecule has 2 aliphatic carbocycles. The Morgan fingerprint density at radius 2 is 1.82 bits per heavy atom. The van der Waals surface area contributed by atoms with Crippen molar-refractivity contribution < 1.29 is 4.21 Å². The lowest BCUT2D eigenvalue weighted by Gasteiger charge is -2.27. The van der Waals surface area contributed by atoms with Gasteiger partial charge in [-0.25, -0.2) is 0 Å². The van der Waals surface area contributed by atoms with Gasteiger partial charge in [-0.1, -0.05) is 33.1 Å². The van der Waals surface area contributed by atoms with Crippen LogP contribution < -0.4 is 5.32 Å². The largest absolute Gasteiger partial charge is 0.314 e. The highest BCUT2D eigenvalue weighted by molar-refractivity contribution is 7.86. The Bertz CT molecular complexity index is 263. The van der Waals surface area contributed by atoms with Crippen molar-refractivity contribution in [1.82, 2.24) is 5.32 Å². The summed E-state index contributed by atoms with van der Waals surface area (Å²) in [4.78, 5) is 0. The van der Waals surface area contributed by atoms with E-state index in [1.54, 1.807) is 0 Å². The van der Waals surface area contributed by atoms with Gasteiger partial charge in [0.2, 0.25) is 0 Å². The highest BCUT2D eigenvalue weighted by Gasteiger charge is 2.38. The van der Waals surface area contributed by atoms with E-state index >= 15 is 0 Å². The predicted octanol–water partition coefficient (Wildman–Crippen LogP) is 2.84. The maximum atomic E-state index is 12.6. The van der Waals surface area contributed by atoms with E-state index in [4.69, 9.17) is 0 Å². The Kier molecular flexibility index (Phi) is 5.04. The Morgan fingerprint density at radius 3 is 2.47 bits per heavy atom. The lowest BCUT2D eigenvalue weighted by atomic mass is 10.0. The summed E-state index contributed by atoms with van der Waals surface area (Å²) in [6.45, 7) is 5.50. The Labute approximate surface area is 108 Å². The lowest BCUT2D eigenvalue weighted by Crippen LogP contribution is -2.37. The fourth-order valence-electron chi connectivity index (χ4n) is 3.55. The zero-order valence-corrected chi connectivity index (χ0v) is 12.1. The molecule has 1 N–H and O–H groups in total. The van der Waals surface area contributed by atoms with Crippen molar-refractivity contribution in [3.8, 4) is 0 Å². The van der Waals surface area contributed by atoms with Gasteiger partial charge in [0.15, 0.2) is 0 Å². The summed E-state index contributed by atoms with van der Waals surface area (Å²) in [7, 11) is -0.576. The van der Waals surface area contributed by atoms with Gasteiger partial charge >= 0.3 is 0 Å². The second-order valence-corrected chi connectivity index (χ2v) is 7.66. The average molecular weight is 257 g/mol. The van der Waals surface area contributed by atoms with Gasteiger partial charge in [0.1, 0.15) is 0 Å². The predicted molar refractivity (Wildman–Crippen MR) is 74.7 cm³/mol. The molecule has 17 heavy (non-hydrogen) atoms. The number of hydrogen-bond acceptors (Lipinski definition) is 2. The molecule has 0 aromatic rings. The quantitative estimate of drug-likeness (QED) is 0.839. The number of nitrogens with one attached hydrogen (secondary N) is 1. The normalized spacial score (nSPS) is 37.2. The summed E-state index contributed by atoms with van der Waals surface area (Å²) >= 11 is 0. The minimum Gasteiger partial charge on any atom is -0.314 e. The van der Waals surface area contributed by atoms with E-state index < -0.39 is 10.8 Å². The van der Waals surface area contributed by atoms with Crippen LogP contribution in [0, 0.1) is 5.92 Å². The fraction of sp³-hybridized carbons (Fsp3) is 1.00. The first-order chi connectivity index (χ1) is 8.24. The standard InChI is InChI=1S/C14H27NOS/c1-3-15-13-9-10-14(11(13)2)17(16)12-7-5-4-6-8-12/h11-15H,3-10H2,1-2H3. The highest BCUT2D eigenvalue weighted by Crippen LogP contribution is 2.34. The fourth-order valence-corrected chi connectivity index (χ4v) is 5.82. The summed E-state index contributed by atoms with van der Waals surface area (Å²) in [6, 6.07) is 0.609. The minimum atomic E-state index is -0.576. The molecule has 3 heteroatoms. The lowest BCUT2D eigenvalue weighted by molar-refractivity contribution is 0.435. The third-order valence-corrected chi connectivity index (χ3v) is 7.02. The molecule has 2 fully saturated rings. The van der Waals surface area contributed by atoms with Crippen LogP contribution in [0.5, 0.6) is 0 Å². The highest BCUT2D eigenvalue weighted by atomic mass is 32.2. The van der Waals surface area contributed by atoms with Crippen LogP contribution in [0.2, 0.25) is 0 Å². The maximum absolute atomic E-state index is 12.6. The van der Waals surface area contributed by atoms with E-state index in [1.807, 2.05) is 0 Å². The summed E-state index contributed by atoms with van der Waals surface area (Å²) < 4.78 is 12.6. The topological polar surface area (TPSA) is 29.1 Å². The van der Waals surface area contributed by atoms with Gasteiger partial charge < -0.3 is 5.32 Å². The van der Waals surface area contributed by atoms with E-state index in [-0.39, 0.29) is 0 Å². The molecule has 2 saturated carbocycles. The van der Waals surface area contributed by atoms with Crippen molar-refractivity contribution in [3.05, 3.63) is 0 Å². The average Bonchev–Trinajstić information content (AvgIpc) is 2.72. The zero-order chi connectivity index (χ0) is 12.3. The molecule has 2 aliphatic rings. The minimum absolute atomic E-state index is 0.460. The SMILES string of the molecule is CCNC1CCC(S(=O)C2CCCCC2)C1C. The van der Waals surface area contributed by atoms with Crippen molar-refractivity contribution in [2.24, 2.45) is 5.92 Å². The number of rotatable bonds is 4. The van der Waals surface area contributed by atoms with Gasteiger partial charge in [-0.15, -0.1) is 0 Å². The molecule has 100 valence electrons. The van der Waals surface area contributed by atoms with Crippen LogP contribution in [0.15, 0.2) is 0 Å². The Morgan fingerprint density at radius 1 is 1.12 bits per heavy atom. The molecule has 0 spiro atoms. The molecular weight excluding hydrogens is 230 g/mol. The summed E-state index contributed by atoms with van der Waals surface area (Å²) in [5.41, 5.74) is 0. The van der Waals surface area contributed by atoms with E-state index in [9.17, 15) is 4.21 Å². The molecule has 2 nitrogen and oxygen atoms in total. The third kappa shape index (κ3) is 3.11. The first kappa shape index (κ1) is 13.5. The molecule has 0 radical (unpaired) electrons.